The van der Waals surface area contributed by atoms with Gasteiger partial charge in [0.25, 0.3) is 0 Å². The maximum Gasteiger partial charge on any atom is 0.0946 e. The van der Waals surface area contributed by atoms with Gasteiger partial charge in [0.2, 0.25) is 0 Å². The lowest BCUT2D eigenvalue weighted by Crippen LogP contribution is -2.10. The van der Waals surface area contributed by atoms with Crippen LogP contribution in [0.15, 0.2) is 30.9 Å². The van der Waals surface area contributed by atoms with Crippen LogP contribution >= 0.6 is 23.2 Å². The minimum atomic E-state index is 0.528. The number of nitrogens with zero attached hydrogens (tertiary/aromatic N) is 2. The average molecular weight is 271 g/mol. The van der Waals surface area contributed by atoms with Crippen LogP contribution in [0.25, 0.3) is 0 Å². The molecule has 0 saturated heterocycles. The SMILES string of the molecule is Nc1cc(Cl)c(NCCn2ccnc2)c(Cl)c1. The molecule has 1 aromatic heterocycles. The summed E-state index contributed by atoms with van der Waals surface area (Å²) in [4.78, 5) is 3.96. The maximum atomic E-state index is 6.05. The van der Waals surface area contributed by atoms with Gasteiger partial charge in [-0.3, -0.25) is 0 Å². The number of nitrogen functional groups attached to an aromatic ring is 1. The highest BCUT2D eigenvalue weighted by Gasteiger charge is 2.06. The fraction of sp³-hybridized carbons (Fsp3) is 0.182. The molecule has 4 nitrogen and oxygen atoms in total. The van der Waals surface area contributed by atoms with Crippen LogP contribution < -0.4 is 11.1 Å². The van der Waals surface area contributed by atoms with Gasteiger partial charge >= 0.3 is 0 Å². The second kappa shape index (κ2) is 5.29. The molecule has 0 aliphatic heterocycles. The van der Waals surface area contributed by atoms with E-state index in [1.54, 1.807) is 24.7 Å². The van der Waals surface area contributed by atoms with E-state index < -0.39 is 0 Å². The summed E-state index contributed by atoms with van der Waals surface area (Å²) in [6, 6.07) is 3.35. The van der Waals surface area contributed by atoms with E-state index in [0.29, 0.717) is 28.0 Å². The third-order valence-electron chi connectivity index (χ3n) is 2.30. The Bertz CT molecular complexity index is 473. The Morgan fingerprint density at radius 2 is 2.00 bits per heavy atom. The monoisotopic (exact) mass is 270 g/mol. The number of hydrogen-bond acceptors (Lipinski definition) is 3. The molecule has 2 rings (SSSR count). The van der Waals surface area contributed by atoms with Crippen LogP contribution in [0.2, 0.25) is 10.0 Å². The first-order chi connectivity index (χ1) is 8.16. The molecule has 3 N–H and O–H groups in total. The van der Waals surface area contributed by atoms with Crippen LogP contribution in [0, 0.1) is 0 Å². The second-order valence-corrected chi connectivity index (χ2v) is 4.40. The third-order valence-corrected chi connectivity index (χ3v) is 2.89. The highest BCUT2D eigenvalue weighted by molar-refractivity contribution is 6.39. The Balaban J connectivity index is 1.99. The zero-order chi connectivity index (χ0) is 12.3. The lowest BCUT2D eigenvalue weighted by Gasteiger charge is -2.11. The zero-order valence-corrected chi connectivity index (χ0v) is 10.5. The highest BCUT2D eigenvalue weighted by Crippen LogP contribution is 2.32. The summed E-state index contributed by atoms with van der Waals surface area (Å²) in [5.74, 6) is 0. The topological polar surface area (TPSA) is 55.9 Å². The summed E-state index contributed by atoms with van der Waals surface area (Å²) >= 11 is 12.1. The van der Waals surface area contributed by atoms with E-state index in [0.717, 1.165) is 6.54 Å². The van der Waals surface area contributed by atoms with E-state index in [-0.39, 0.29) is 0 Å². The smallest absolute Gasteiger partial charge is 0.0946 e. The molecule has 0 amide bonds. The van der Waals surface area contributed by atoms with Crippen LogP contribution in [-0.4, -0.2) is 16.1 Å². The number of benzene rings is 1. The zero-order valence-electron chi connectivity index (χ0n) is 9.03. The highest BCUT2D eigenvalue weighted by atomic mass is 35.5. The standard InChI is InChI=1S/C11H12Cl2N4/c12-9-5-8(14)6-10(13)11(9)16-2-4-17-3-1-15-7-17/h1,3,5-7,16H,2,4,14H2. The average Bonchev–Trinajstić information content (AvgIpc) is 2.74. The molecule has 90 valence electrons. The number of halogens is 2. The molecular weight excluding hydrogens is 259 g/mol. The van der Waals surface area contributed by atoms with Crippen LogP contribution in [0.5, 0.6) is 0 Å². The first-order valence-electron chi connectivity index (χ1n) is 5.11. The lowest BCUT2D eigenvalue weighted by molar-refractivity contribution is 0.727. The van der Waals surface area contributed by atoms with Crippen molar-refractivity contribution >= 4 is 34.6 Å². The number of rotatable bonds is 4. The molecule has 1 heterocycles. The van der Waals surface area contributed by atoms with Crippen LogP contribution in [0.1, 0.15) is 0 Å². The van der Waals surface area contributed by atoms with Crippen molar-refractivity contribution in [2.45, 2.75) is 6.54 Å². The first-order valence-corrected chi connectivity index (χ1v) is 5.86. The summed E-state index contributed by atoms with van der Waals surface area (Å²) in [6.45, 7) is 1.50. The number of nitrogens with one attached hydrogen (secondary N) is 1. The van der Waals surface area contributed by atoms with E-state index in [2.05, 4.69) is 10.3 Å². The number of hydrogen-bond donors (Lipinski definition) is 2. The van der Waals surface area contributed by atoms with Gasteiger partial charge in [0.05, 0.1) is 22.1 Å². The lowest BCUT2D eigenvalue weighted by atomic mass is 10.3. The summed E-state index contributed by atoms with van der Waals surface area (Å²) in [7, 11) is 0. The van der Waals surface area contributed by atoms with Crippen molar-refractivity contribution in [3.8, 4) is 0 Å². The summed E-state index contributed by atoms with van der Waals surface area (Å²) in [6.07, 6.45) is 5.39. The number of imidazole rings is 1. The van der Waals surface area contributed by atoms with Crippen LogP contribution in [0.4, 0.5) is 11.4 Å². The Kier molecular flexibility index (Phi) is 3.76. The normalized spacial score (nSPS) is 10.5. The van der Waals surface area contributed by atoms with Gasteiger partial charge in [-0.05, 0) is 12.1 Å². The van der Waals surface area contributed by atoms with Gasteiger partial charge in [0.15, 0.2) is 0 Å². The van der Waals surface area contributed by atoms with Gasteiger partial charge in [0, 0.05) is 31.2 Å². The quantitative estimate of drug-likeness (QED) is 0.841. The Morgan fingerprint density at radius 3 is 2.59 bits per heavy atom. The van der Waals surface area contributed by atoms with Crippen molar-refractivity contribution < 1.29 is 0 Å². The molecule has 17 heavy (non-hydrogen) atoms. The van der Waals surface area contributed by atoms with E-state index in [1.807, 2.05) is 10.8 Å². The maximum absolute atomic E-state index is 6.05. The van der Waals surface area contributed by atoms with Gasteiger partial charge in [-0.15, -0.1) is 0 Å². The third kappa shape index (κ3) is 3.05. The molecule has 0 aliphatic rings. The summed E-state index contributed by atoms with van der Waals surface area (Å²) in [5, 5.41) is 4.24. The van der Waals surface area contributed by atoms with E-state index >= 15 is 0 Å². The molecule has 0 aliphatic carbocycles. The molecular formula is C11H12Cl2N4. The van der Waals surface area contributed by atoms with Gasteiger partial charge in [-0.1, -0.05) is 23.2 Å². The van der Waals surface area contributed by atoms with Gasteiger partial charge in [-0.25, -0.2) is 4.98 Å². The molecule has 0 radical (unpaired) electrons. The Morgan fingerprint density at radius 1 is 1.29 bits per heavy atom. The summed E-state index contributed by atoms with van der Waals surface area (Å²) in [5.41, 5.74) is 6.89. The molecule has 0 unspecified atom stereocenters. The van der Waals surface area contributed by atoms with Crippen molar-refractivity contribution in [2.75, 3.05) is 17.6 Å². The predicted octanol–water partition coefficient (Wildman–Crippen LogP) is 2.88. The van der Waals surface area contributed by atoms with Crippen LogP contribution in [0.3, 0.4) is 0 Å². The van der Waals surface area contributed by atoms with Crippen molar-refractivity contribution in [2.24, 2.45) is 0 Å². The first kappa shape index (κ1) is 12.1. The van der Waals surface area contributed by atoms with Gasteiger partial charge in [0.1, 0.15) is 0 Å². The minimum absolute atomic E-state index is 0.528. The molecule has 0 fully saturated rings. The second-order valence-electron chi connectivity index (χ2n) is 3.59. The summed E-state index contributed by atoms with van der Waals surface area (Å²) < 4.78 is 1.96. The molecule has 0 bridgehead atoms. The van der Waals surface area contributed by atoms with E-state index in [1.165, 1.54) is 0 Å². The number of nitrogens with two attached hydrogens (primary N) is 1. The van der Waals surface area contributed by atoms with E-state index in [4.69, 9.17) is 28.9 Å². The van der Waals surface area contributed by atoms with Crippen molar-refractivity contribution in [1.82, 2.24) is 9.55 Å². The molecule has 6 heteroatoms. The fourth-order valence-corrected chi connectivity index (χ4v) is 2.13. The van der Waals surface area contributed by atoms with Crippen molar-refractivity contribution in [3.05, 3.63) is 40.9 Å². The van der Waals surface area contributed by atoms with Gasteiger partial charge in [-0.2, -0.15) is 0 Å². The van der Waals surface area contributed by atoms with Crippen LogP contribution in [-0.2, 0) is 6.54 Å². The predicted molar refractivity (Wildman–Crippen MR) is 71.6 cm³/mol. The molecule has 0 atom stereocenters. The molecule has 1 aromatic carbocycles. The fourth-order valence-electron chi connectivity index (χ4n) is 1.49. The number of anilines is 2. The van der Waals surface area contributed by atoms with Crippen molar-refractivity contribution in [1.29, 1.82) is 0 Å². The van der Waals surface area contributed by atoms with Crippen molar-refractivity contribution in [3.63, 3.8) is 0 Å². The number of aromatic nitrogens is 2. The molecule has 2 aromatic rings. The van der Waals surface area contributed by atoms with Gasteiger partial charge < -0.3 is 15.6 Å². The largest absolute Gasteiger partial charge is 0.399 e. The minimum Gasteiger partial charge on any atom is -0.399 e. The van der Waals surface area contributed by atoms with E-state index in [9.17, 15) is 0 Å². The molecule has 0 spiro atoms. The molecule has 0 saturated carbocycles. The Hall–Kier alpha value is -1.39. The Labute approximate surface area is 109 Å².